The molecule has 0 spiro atoms. The van der Waals surface area contributed by atoms with E-state index in [-0.39, 0.29) is 18.2 Å². The molecule has 0 aromatic heterocycles. The lowest BCUT2D eigenvalue weighted by atomic mass is 10.0. The molecule has 3 fully saturated rings. The molecule has 3 heterocycles. The Morgan fingerprint density at radius 3 is 2.46 bits per heavy atom. The third-order valence-electron chi connectivity index (χ3n) is 6.25. The van der Waals surface area contributed by atoms with E-state index in [1.165, 1.54) is 32.4 Å². The Morgan fingerprint density at radius 2 is 1.71 bits per heavy atom. The number of nitrogens with one attached hydrogen (secondary N) is 1. The maximum absolute atomic E-state index is 13.0. The third-order valence-corrected chi connectivity index (χ3v) is 6.25. The van der Waals surface area contributed by atoms with Crippen molar-refractivity contribution in [3.05, 3.63) is 24.3 Å². The largest absolute Gasteiger partial charge is 0.372 e. The van der Waals surface area contributed by atoms with Crippen LogP contribution < -0.4 is 10.2 Å². The van der Waals surface area contributed by atoms with E-state index in [0.717, 1.165) is 44.0 Å². The molecule has 6 nitrogen and oxygen atoms in total. The Morgan fingerprint density at radius 1 is 1.00 bits per heavy atom. The number of piperidine rings is 1. The minimum Gasteiger partial charge on any atom is -0.372 e. The smallest absolute Gasteiger partial charge is 0.321 e. The molecule has 1 aromatic rings. The zero-order chi connectivity index (χ0) is 19.5. The van der Waals surface area contributed by atoms with Gasteiger partial charge in [-0.2, -0.15) is 0 Å². The second kappa shape index (κ2) is 8.70. The Hall–Kier alpha value is -1.79. The first-order valence-corrected chi connectivity index (χ1v) is 10.9. The van der Waals surface area contributed by atoms with Crippen LogP contribution in [0.1, 0.15) is 39.5 Å². The Balaban J connectivity index is 1.43. The van der Waals surface area contributed by atoms with Crippen LogP contribution in [0.4, 0.5) is 16.2 Å². The number of morpholine rings is 1. The third kappa shape index (κ3) is 4.44. The van der Waals surface area contributed by atoms with Gasteiger partial charge in [-0.3, -0.25) is 4.90 Å². The van der Waals surface area contributed by atoms with Crippen molar-refractivity contribution >= 4 is 17.4 Å². The Labute approximate surface area is 168 Å². The maximum Gasteiger partial charge on any atom is 0.321 e. The van der Waals surface area contributed by atoms with Gasteiger partial charge in [-0.25, -0.2) is 4.79 Å². The number of rotatable bonds is 3. The summed E-state index contributed by atoms with van der Waals surface area (Å²) < 4.78 is 5.87. The monoisotopic (exact) mass is 386 g/mol. The molecule has 6 heteroatoms. The van der Waals surface area contributed by atoms with Gasteiger partial charge in [0.15, 0.2) is 0 Å². The number of carbonyl (C=O) groups excluding carboxylic acids is 1. The minimum atomic E-state index is 0.0331. The average molecular weight is 387 g/mol. The van der Waals surface area contributed by atoms with E-state index in [1.54, 1.807) is 0 Å². The maximum atomic E-state index is 13.0. The summed E-state index contributed by atoms with van der Waals surface area (Å²) in [5, 5.41) is 3.20. The van der Waals surface area contributed by atoms with Crippen LogP contribution in [0.3, 0.4) is 0 Å². The van der Waals surface area contributed by atoms with Crippen molar-refractivity contribution in [1.29, 1.82) is 0 Å². The first-order valence-electron chi connectivity index (χ1n) is 10.9. The molecule has 0 radical (unpaired) electrons. The average Bonchev–Trinajstić information content (AvgIpc) is 3.22. The van der Waals surface area contributed by atoms with Crippen LogP contribution in [0.25, 0.3) is 0 Å². The van der Waals surface area contributed by atoms with E-state index in [9.17, 15) is 4.79 Å². The van der Waals surface area contributed by atoms with E-state index in [4.69, 9.17) is 4.74 Å². The number of amides is 2. The predicted octanol–water partition coefficient (Wildman–Crippen LogP) is 3.39. The fourth-order valence-corrected chi connectivity index (χ4v) is 4.97. The normalized spacial score (nSPS) is 29.1. The molecular formula is C22H34N4O2. The van der Waals surface area contributed by atoms with E-state index in [2.05, 4.69) is 35.0 Å². The molecule has 3 unspecified atom stereocenters. The van der Waals surface area contributed by atoms with Crippen LogP contribution in [0.5, 0.6) is 0 Å². The summed E-state index contributed by atoms with van der Waals surface area (Å²) >= 11 is 0. The van der Waals surface area contributed by atoms with Crippen LogP contribution in [-0.2, 0) is 4.74 Å². The summed E-state index contributed by atoms with van der Waals surface area (Å²) in [5.41, 5.74) is 1.99. The van der Waals surface area contributed by atoms with Crippen molar-refractivity contribution in [3.63, 3.8) is 0 Å². The summed E-state index contributed by atoms with van der Waals surface area (Å²) in [6.07, 6.45) is 5.28. The standard InChI is InChI=1S/C22H34N4O2/c1-17-14-26(15-18(2)28-17)21-10-4-3-9-20(21)23-22(27)25-13-7-8-19(16-25)24-11-5-6-12-24/h3-4,9-10,17-19H,5-8,11-16H2,1-2H3,(H,23,27). The molecule has 3 saturated heterocycles. The molecule has 3 aliphatic heterocycles. The second-order valence-corrected chi connectivity index (χ2v) is 8.59. The minimum absolute atomic E-state index is 0.0331. The van der Waals surface area contributed by atoms with Crippen molar-refractivity contribution in [2.45, 2.75) is 57.8 Å². The Kier molecular flexibility index (Phi) is 6.07. The number of nitrogens with zero attached hydrogens (tertiary/aromatic N) is 3. The van der Waals surface area contributed by atoms with Gasteiger partial charge < -0.3 is 19.9 Å². The van der Waals surface area contributed by atoms with Gasteiger partial charge in [0.05, 0.1) is 23.6 Å². The summed E-state index contributed by atoms with van der Waals surface area (Å²) in [6.45, 7) is 9.98. The number of anilines is 2. The number of hydrogen-bond donors (Lipinski definition) is 1. The zero-order valence-corrected chi connectivity index (χ0v) is 17.3. The van der Waals surface area contributed by atoms with Crippen molar-refractivity contribution in [1.82, 2.24) is 9.80 Å². The van der Waals surface area contributed by atoms with Gasteiger partial charge in [0.25, 0.3) is 0 Å². The van der Waals surface area contributed by atoms with Crippen molar-refractivity contribution in [2.24, 2.45) is 0 Å². The second-order valence-electron chi connectivity index (χ2n) is 8.59. The van der Waals surface area contributed by atoms with E-state index in [0.29, 0.717) is 6.04 Å². The fraction of sp³-hybridized carbons (Fsp3) is 0.682. The van der Waals surface area contributed by atoms with Gasteiger partial charge >= 0.3 is 6.03 Å². The first-order chi connectivity index (χ1) is 13.6. The molecule has 2 amide bonds. The van der Waals surface area contributed by atoms with Gasteiger partial charge in [0, 0.05) is 32.2 Å². The SMILES string of the molecule is CC1CN(c2ccccc2NC(=O)N2CCCC(N3CCCC3)C2)CC(C)O1. The molecule has 0 aliphatic carbocycles. The quantitative estimate of drug-likeness (QED) is 0.865. The summed E-state index contributed by atoms with van der Waals surface area (Å²) in [7, 11) is 0. The molecule has 3 aliphatic rings. The molecular weight excluding hydrogens is 352 g/mol. The van der Waals surface area contributed by atoms with Crippen molar-refractivity contribution in [2.75, 3.05) is 49.5 Å². The van der Waals surface area contributed by atoms with Gasteiger partial charge in [-0.15, -0.1) is 0 Å². The van der Waals surface area contributed by atoms with Gasteiger partial charge in [0.1, 0.15) is 0 Å². The number of benzene rings is 1. The highest BCUT2D eigenvalue weighted by Gasteiger charge is 2.30. The van der Waals surface area contributed by atoms with Crippen LogP contribution in [0.2, 0.25) is 0 Å². The number of urea groups is 1. The molecule has 4 rings (SSSR count). The molecule has 3 atom stereocenters. The zero-order valence-electron chi connectivity index (χ0n) is 17.3. The molecule has 1 aromatic carbocycles. The lowest BCUT2D eigenvalue weighted by Gasteiger charge is -2.39. The fourth-order valence-electron chi connectivity index (χ4n) is 4.97. The molecule has 154 valence electrons. The first kappa shape index (κ1) is 19.5. The summed E-state index contributed by atoms with van der Waals surface area (Å²) in [6, 6.07) is 8.71. The van der Waals surface area contributed by atoms with Crippen LogP contribution in [0, 0.1) is 0 Å². The topological polar surface area (TPSA) is 48.1 Å². The van der Waals surface area contributed by atoms with Crippen LogP contribution in [0.15, 0.2) is 24.3 Å². The van der Waals surface area contributed by atoms with E-state index in [1.807, 2.05) is 23.1 Å². The summed E-state index contributed by atoms with van der Waals surface area (Å²) in [5.74, 6) is 0. The Bertz CT molecular complexity index is 666. The van der Waals surface area contributed by atoms with Crippen LogP contribution in [-0.4, -0.2) is 73.3 Å². The molecule has 28 heavy (non-hydrogen) atoms. The van der Waals surface area contributed by atoms with E-state index < -0.39 is 0 Å². The van der Waals surface area contributed by atoms with E-state index >= 15 is 0 Å². The van der Waals surface area contributed by atoms with Crippen molar-refractivity contribution in [3.8, 4) is 0 Å². The van der Waals surface area contributed by atoms with Crippen molar-refractivity contribution < 1.29 is 9.53 Å². The van der Waals surface area contributed by atoms with Crippen LogP contribution >= 0.6 is 0 Å². The molecule has 0 bridgehead atoms. The number of para-hydroxylation sites is 2. The number of ether oxygens (including phenoxy) is 1. The number of hydrogen-bond acceptors (Lipinski definition) is 4. The van der Waals surface area contributed by atoms with Gasteiger partial charge in [-0.1, -0.05) is 12.1 Å². The lowest BCUT2D eigenvalue weighted by molar-refractivity contribution is -0.00517. The van der Waals surface area contributed by atoms with Gasteiger partial charge in [0.2, 0.25) is 0 Å². The predicted molar refractivity (Wildman–Crippen MR) is 113 cm³/mol. The van der Waals surface area contributed by atoms with Gasteiger partial charge in [-0.05, 0) is 64.8 Å². The highest BCUT2D eigenvalue weighted by Crippen LogP contribution is 2.29. The number of carbonyl (C=O) groups is 1. The molecule has 0 saturated carbocycles. The number of likely N-dealkylation sites (tertiary alicyclic amines) is 2. The lowest BCUT2D eigenvalue weighted by Crippen LogP contribution is -2.50. The highest BCUT2D eigenvalue weighted by atomic mass is 16.5. The highest BCUT2D eigenvalue weighted by molar-refractivity contribution is 5.93. The summed E-state index contributed by atoms with van der Waals surface area (Å²) in [4.78, 5) is 20.0. The molecule has 1 N–H and O–H groups in total.